The Bertz CT molecular complexity index is 851. The van der Waals surface area contributed by atoms with Crippen LogP contribution in [0.1, 0.15) is 66.2 Å². The molecule has 162 valence electrons. The molecule has 3 N–H and O–H groups in total. The van der Waals surface area contributed by atoms with E-state index in [0.717, 1.165) is 31.6 Å². The molecule has 0 spiro atoms. The Morgan fingerprint density at radius 2 is 1.97 bits per heavy atom. The van der Waals surface area contributed by atoms with Crippen molar-refractivity contribution in [1.82, 2.24) is 24.4 Å². The second-order valence-corrected chi connectivity index (χ2v) is 8.60. The van der Waals surface area contributed by atoms with E-state index in [1.807, 2.05) is 6.92 Å². The molecule has 1 aliphatic heterocycles. The lowest BCUT2D eigenvalue weighted by Gasteiger charge is -2.34. The van der Waals surface area contributed by atoms with Crippen LogP contribution in [0.4, 0.5) is 5.82 Å². The minimum Gasteiger partial charge on any atom is -0.460 e. The van der Waals surface area contributed by atoms with E-state index in [1.54, 1.807) is 4.57 Å². The van der Waals surface area contributed by atoms with E-state index in [0.29, 0.717) is 23.8 Å². The Hall–Kier alpha value is -2.09. The first-order valence-corrected chi connectivity index (χ1v) is 11.1. The number of nitrogen functional groups attached to an aromatic ring is 1. The monoisotopic (exact) mass is 404 g/mol. The number of ether oxygens (including phenoxy) is 1. The van der Waals surface area contributed by atoms with E-state index in [-0.39, 0.29) is 23.6 Å². The van der Waals surface area contributed by atoms with Gasteiger partial charge in [-0.05, 0) is 71.9 Å². The van der Waals surface area contributed by atoms with Gasteiger partial charge in [-0.15, -0.1) is 0 Å². The van der Waals surface area contributed by atoms with Gasteiger partial charge in [0.15, 0.2) is 11.5 Å². The lowest BCUT2D eigenvalue weighted by molar-refractivity contribution is 0.144. The second-order valence-electron chi connectivity index (χ2n) is 8.60. The van der Waals surface area contributed by atoms with Crippen LogP contribution < -0.4 is 16.2 Å². The number of aromatic amines is 1. The van der Waals surface area contributed by atoms with Crippen LogP contribution >= 0.6 is 0 Å². The summed E-state index contributed by atoms with van der Waals surface area (Å²) < 4.78 is 7.48. The number of hydrogen-bond donors (Lipinski definition) is 2. The molecule has 1 aliphatic rings. The van der Waals surface area contributed by atoms with Crippen LogP contribution in [-0.4, -0.2) is 49.7 Å². The molecule has 1 atom stereocenters. The fraction of sp³-hybridized carbons (Fsp3) is 0.762. The number of H-pyrrole nitrogens is 1. The first kappa shape index (κ1) is 21.6. The van der Waals surface area contributed by atoms with Crippen molar-refractivity contribution in [3.05, 3.63) is 10.5 Å². The van der Waals surface area contributed by atoms with Crippen LogP contribution in [0.3, 0.4) is 0 Å². The van der Waals surface area contributed by atoms with Gasteiger partial charge in [-0.1, -0.05) is 13.3 Å². The summed E-state index contributed by atoms with van der Waals surface area (Å²) in [5.74, 6) is 0.991. The Kier molecular flexibility index (Phi) is 7.16. The summed E-state index contributed by atoms with van der Waals surface area (Å²) in [7, 11) is 0. The summed E-state index contributed by atoms with van der Waals surface area (Å²) in [6, 6.07) is 0.868. The zero-order valence-electron chi connectivity index (χ0n) is 18.3. The number of aromatic nitrogens is 4. The third-order valence-corrected chi connectivity index (χ3v) is 6.01. The quantitative estimate of drug-likeness (QED) is 0.665. The Morgan fingerprint density at radius 1 is 1.24 bits per heavy atom. The van der Waals surface area contributed by atoms with E-state index in [4.69, 9.17) is 10.5 Å². The van der Waals surface area contributed by atoms with Crippen LogP contribution in [0.2, 0.25) is 0 Å². The minimum atomic E-state index is -0.186. The van der Waals surface area contributed by atoms with Crippen molar-refractivity contribution in [2.75, 3.05) is 18.8 Å². The maximum atomic E-state index is 12.5. The number of nitrogens with one attached hydrogen (secondary N) is 1. The summed E-state index contributed by atoms with van der Waals surface area (Å²) in [5.41, 5.74) is 6.90. The van der Waals surface area contributed by atoms with Crippen LogP contribution in [0.25, 0.3) is 11.2 Å². The van der Waals surface area contributed by atoms with Crippen LogP contribution in [0.5, 0.6) is 6.01 Å². The summed E-state index contributed by atoms with van der Waals surface area (Å²) in [6.07, 6.45) is 6.49. The number of anilines is 1. The van der Waals surface area contributed by atoms with Gasteiger partial charge >= 0.3 is 11.7 Å². The van der Waals surface area contributed by atoms with Crippen LogP contribution in [0.15, 0.2) is 4.79 Å². The Labute approximate surface area is 172 Å². The standard InChI is InChI=1S/C21H36N6O2/c1-5-7-15(4)29-20-24-18(22)17-19(25-20)27(21(28)23-17)11-6-8-16-9-12-26(13-10-16)14(2)3/h14-16H,5-13H2,1-4H3,(H,23,28)(H2,22,24,25). The van der Waals surface area contributed by atoms with E-state index in [2.05, 4.69) is 40.6 Å². The smallest absolute Gasteiger partial charge is 0.327 e. The molecule has 8 heteroatoms. The summed E-state index contributed by atoms with van der Waals surface area (Å²) >= 11 is 0. The molecule has 1 saturated heterocycles. The largest absolute Gasteiger partial charge is 0.460 e. The lowest BCUT2D eigenvalue weighted by Crippen LogP contribution is -2.38. The first-order valence-electron chi connectivity index (χ1n) is 11.1. The number of imidazole rings is 1. The van der Waals surface area contributed by atoms with Crippen molar-refractivity contribution in [3.63, 3.8) is 0 Å². The highest BCUT2D eigenvalue weighted by atomic mass is 16.5. The maximum absolute atomic E-state index is 12.5. The second kappa shape index (κ2) is 9.61. The van der Waals surface area contributed by atoms with Crippen molar-refractivity contribution in [2.45, 2.75) is 84.9 Å². The molecule has 8 nitrogen and oxygen atoms in total. The Balaban J connectivity index is 1.65. The van der Waals surface area contributed by atoms with Gasteiger partial charge in [0.25, 0.3) is 0 Å². The van der Waals surface area contributed by atoms with Gasteiger partial charge in [0.2, 0.25) is 0 Å². The topological polar surface area (TPSA) is 102 Å². The molecular weight excluding hydrogens is 368 g/mol. The maximum Gasteiger partial charge on any atom is 0.327 e. The number of aryl methyl sites for hydroxylation is 1. The highest BCUT2D eigenvalue weighted by Gasteiger charge is 2.21. The average molecular weight is 405 g/mol. The summed E-state index contributed by atoms with van der Waals surface area (Å²) in [5, 5.41) is 0. The molecule has 3 rings (SSSR count). The zero-order valence-corrected chi connectivity index (χ0v) is 18.3. The fourth-order valence-corrected chi connectivity index (χ4v) is 4.23. The number of likely N-dealkylation sites (tertiary alicyclic amines) is 1. The molecule has 3 heterocycles. The van der Waals surface area contributed by atoms with E-state index in [9.17, 15) is 4.79 Å². The molecule has 0 saturated carbocycles. The number of hydrogen-bond acceptors (Lipinski definition) is 6. The van der Waals surface area contributed by atoms with Gasteiger partial charge in [0, 0.05) is 12.6 Å². The highest BCUT2D eigenvalue weighted by molar-refractivity contribution is 5.81. The van der Waals surface area contributed by atoms with Crippen molar-refractivity contribution in [1.29, 1.82) is 0 Å². The van der Waals surface area contributed by atoms with Gasteiger partial charge in [-0.3, -0.25) is 4.57 Å². The van der Waals surface area contributed by atoms with Crippen LogP contribution in [0, 0.1) is 5.92 Å². The predicted octanol–water partition coefficient (Wildman–Crippen LogP) is 3.17. The molecule has 0 aliphatic carbocycles. The van der Waals surface area contributed by atoms with Crippen molar-refractivity contribution >= 4 is 17.0 Å². The highest BCUT2D eigenvalue weighted by Crippen LogP contribution is 2.24. The minimum absolute atomic E-state index is 0.00710. The van der Waals surface area contributed by atoms with Crippen molar-refractivity contribution in [3.8, 4) is 6.01 Å². The number of rotatable bonds is 9. The molecule has 0 bridgehead atoms. The zero-order chi connectivity index (χ0) is 21.0. The van der Waals surface area contributed by atoms with Crippen molar-refractivity contribution < 1.29 is 4.74 Å². The molecule has 2 aromatic rings. The van der Waals surface area contributed by atoms with E-state index >= 15 is 0 Å². The molecule has 2 aromatic heterocycles. The van der Waals surface area contributed by atoms with Crippen molar-refractivity contribution in [2.24, 2.45) is 5.92 Å². The fourth-order valence-electron chi connectivity index (χ4n) is 4.23. The number of piperidine rings is 1. The molecule has 1 unspecified atom stereocenters. The molecule has 0 amide bonds. The first-order chi connectivity index (χ1) is 13.9. The lowest BCUT2D eigenvalue weighted by atomic mass is 9.91. The van der Waals surface area contributed by atoms with E-state index < -0.39 is 0 Å². The van der Waals surface area contributed by atoms with Gasteiger partial charge in [0.05, 0.1) is 6.10 Å². The Morgan fingerprint density at radius 3 is 2.62 bits per heavy atom. The van der Waals surface area contributed by atoms with Gasteiger partial charge in [-0.2, -0.15) is 9.97 Å². The van der Waals surface area contributed by atoms with Gasteiger partial charge in [-0.25, -0.2) is 4.79 Å². The summed E-state index contributed by atoms with van der Waals surface area (Å²) in [4.78, 5) is 26.5. The normalized spacial score (nSPS) is 17.3. The van der Waals surface area contributed by atoms with Gasteiger partial charge < -0.3 is 20.4 Å². The molecule has 29 heavy (non-hydrogen) atoms. The number of nitrogens with zero attached hydrogens (tertiary/aromatic N) is 4. The number of fused-ring (bicyclic) bond motifs is 1. The third kappa shape index (κ3) is 5.29. The third-order valence-electron chi connectivity index (χ3n) is 6.01. The number of nitrogens with two attached hydrogens (primary N) is 1. The molecular formula is C21H36N6O2. The SMILES string of the molecule is CCCC(C)Oc1nc(N)c2[nH]c(=O)n(CCCC3CCN(C(C)C)CC3)c2n1. The molecule has 1 fully saturated rings. The average Bonchev–Trinajstić information content (AvgIpc) is 2.99. The van der Waals surface area contributed by atoms with E-state index in [1.165, 1.54) is 25.9 Å². The molecule has 0 radical (unpaired) electrons. The van der Waals surface area contributed by atoms with Crippen LogP contribution in [-0.2, 0) is 6.54 Å². The molecule has 0 aromatic carbocycles. The predicted molar refractivity (Wildman–Crippen MR) is 116 cm³/mol. The van der Waals surface area contributed by atoms with Gasteiger partial charge in [0.1, 0.15) is 5.52 Å². The summed E-state index contributed by atoms with van der Waals surface area (Å²) in [6.45, 7) is 11.6.